The van der Waals surface area contributed by atoms with Gasteiger partial charge in [-0.25, -0.2) is 0 Å². The van der Waals surface area contributed by atoms with Crippen LogP contribution in [0.3, 0.4) is 0 Å². The fourth-order valence-corrected chi connectivity index (χ4v) is 0. The van der Waals surface area contributed by atoms with Crippen LogP contribution in [0, 0.1) is 0 Å². The van der Waals surface area contributed by atoms with Crippen molar-refractivity contribution in [1.29, 1.82) is 0 Å². The van der Waals surface area contributed by atoms with E-state index in [1.165, 1.54) is 4.48 Å². The molecule has 0 amide bonds. The normalized spacial score (nSPS) is 10.2. The molecule has 0 aliphatic carbocycles. The fourth-order valence-electron chi connectivity index (χ4n) is 0. The molecule has 0 unspecified atom stereocenters. The zero-order valence-corrected chi connectivity index (χ0v) is 7.16. The zero-order valence-electron chi connectivity index (χ0n) is 3.86. The summed E-state index contributed by atoms with van der Waals surface area (Å²) in [6.07, 6.45) is 2.00. The van der Waals surface area contributed by atoms with E-state index in [4.69, 9.17) is 0 Å². The van der Waals surface area contributed by atoms with Crippen LogP contribution in [0.25, 0.3) is 0 Å². The summed E-state index contributed by atoms with van der Waals surface area (Å²) in [5.41, 5.74) is 0. The summed E-state index contributed by atoms with van der Waals surface area (Å²) in [4.78, 5) is 0. The van der Waals surface area contributed by atoms with Crippen molar-refractivity contribution >= 4 is 32.9 Å². The van der Waals surface area contributed by atoms with Gasteiger partial charge in [-0.2, -0.15) is 0 Å². The zero-order chi connectivity index (χ0) is 4.28. The molecule has 0 radical (unpaired) electrons. The van der Waals surface area contributed by atoms with Crippen LogP contribution < -0.4 is 0 Å². The predicted molar refractivity (Wildman–Crippen MR) is 38.7 cm³/mol. The highest BCUT2D eigenvalue weighted by molar-refractivity contribution is 9.11. The average molecular weight is 216 g/mol. The Bertz CT molecular complexity index is 43.5. The van der Waals surface area contributed by atoms with Crippen molar-refractivity contribution in [2.24, 2.45) is 0 Å². The number of hydrogen-bond donors (Lipinski definition) is 0. The first kappa shape index (κ1) is 9.85. The Labute approximate surface area is 57.5 Å². The molecule has 2 heteroatoms. The highest BCUT2D eigenvalue weighted by Gasteiger charge is 1.63. The van der Waals surface area contributed by atoms with Gasteiger partial charge >= 0.3 is 0 Å². The fraction of sp³-hybridized carbons (Fsp3) is 0.500. The molecule has 0 atom stereocenters. The highest BCUT2D eigenvalue weighted by Crippen LogP contribution is 1.98. The molecule has 0 N–H and O–H groups in total. The molecule has 0 aromatic rings. The van der Waals surface area contributed by atoms with E-state index in [1.807, 2.05) is 19.9 Å². The van der Waals surface area contributed by atoms with E-state index in [9.17, 15) is 0 Å². The Morgan fingerprint density at radius 1 is 1.67 bits per heavy atom. The maximum atomic E-state index is 3.23. The van der Waals surface area contributed by atoms with E-state index in [2.05, 4.69) is 15.9 Å². The third-order valence-corrected chi connectivity index (χ3v) is 0.856. The summed E-state index contributed by atoms with van der Waals surface area (Å²) in [6, 6.07) is 0. The average Bonchev–Trinajstić information content (AvgIpc) is 1.38. The molecule has 0 bridgehead atoms. The van der Waals surface area contributed by atoms with Crippen molar-refractivity contribution in [3.63, 3.8) is 0 Å². The standard InChI is InChI=1S/C4H7Br.BrH/c1-3-4(2)5;/h3H,1-2H3;1H/b4-3+;. The van der Waals surface area contributed by atoms with Crippen molar-refractivity contribution in [2.45, 2.75) is 13.8 Å². The molecule has 0 nitrogen and oxygen atoms in total. The quantitative estimate of drug-likeness (QED) is 0.583. The van der Waals surface area contributed by atoms with Crippen LogP contribution in [0.15, 0.2) is 10.6 Å². The second kappa shape index (κ2) is 5.70. The maximum Gasteiger partial charge on any atom is -0.0123 e. The minimum Gasteiger partial charge on any atom is -0.114 e. The second-order valence-electron chi connectivity index (χ2n) is 0.875. The first-order chi connectivity index (χ1) is 2.27. The maximum absolute atomic E-state index is 3.23. The molecule has 0 aliphatic heterocycles. The number of allylic oxidation sites excluding steroid dienone is 2. The molecule has 0 aromatic carbocycles. The van der Waals surface area contributed by atoms with Crippen LogP contribution in [0.4, 0.5) is 0 Å². The summed E-state index contributed by atoms with van der Waals surface area (Å²) in [5.74, 6) is 0. The molecule has 6 heavy (non-hydrogen) atoms. The molecule has 0 fully saturated rings. The minimum atomic E-state index is 0. The van der Waals surface area contributed by atoms with E-state index in [0.29, 0.717) is 0 Å². The molecule has 0 saturated carbocycles. The number of rotatable bonds is 0. The van der Waals surface area contributed by atoms with Gasteiger partial charge in [0.2, 0.25) is 0 Å². The van der Waals surface area contributed by atoms with Gasteiger partial charge in [-0.05, 0) is 18.3 Å². The van der Waals surface area contributed by atoms with Gasteiger partial charge in [-0.3, -0.25) is 0 Å². The lowest BCUT2D eigenvalue weighted by Crippen LogP contribution is -1.44. The van der Waals surface area contributed by atoms with Gasteiger partial charge in [0.15, 0.2) is 0 Å². The van der Waals surface area contributed by atoms with Crippen molar-refractivity contribution in [1.82, 2.24) is 0 Å². The van der Waals surface area contributed by atoms with Crippen molar-refractivity contribution in [3.8, 4) is 0 Å². The lowest BCUT2D eigenvalue weighted by atomic mass is 10.6. The first-order valence-electron chi connectivity index (χ1n) is 1.56. The Hall–Kier alpha value is 0.700. The van der Waals surface area contributed by atoms with Crippen LogP contribution in [-0.4, -0.2) is 0 Å². The van der Waals surface area contributed by atoms with Crippen molar-refractivity contribution in [3.05, 3.63) is 10.6 Å². The largest absolute Gasteiger partial charge is 0.114 e. The van der Waals surface area contributed by atoms with E-state index in [0.717, 1.165) is 0 Å². The molecular formula is C4H8Br2. The van der Waals surface area contributed by atoms with Crippen LogP contribution in [0.1, 0.15) is 13.8 Å². The molecule has 0 saturated heterocycles. The van der Waals surface area contributed by atoms with Gasteiger partial charge in [0.25, 0.3) is 0 Å². The highest BCUT2D eigenvalue weighted by atomic mass is 79.9. The summed E-state index contributed by atoms with van der Waals surface area (Å²) in [7, 11) is 0. The third kappa shape index (κ3) is 8.83. The van der Waals surface area contributed by atoms with Gasteiger partial charge in [0.1, 0.15) is 0 Å². The lowest BCUT2D eigenvalue weighted by molar-refractivity contribution is 1.61. The lowest BCUT2D eigenvalue weighted by Gasteiger charge is -1.70. The van der Waals surface area contributed by atoms with Gasteiger partial charge in [0, 0.05) is 0 Å². The van der Waals surface area contributed by atoms with Gasteiger partial charge < -0.3 is 0 Å². The van der Waals surface area contributed by atoms with Crippen LogP contribution in [0.5, 0.6) is 0 Å². The van der Waals surface area contributed by atoms with Crippen LogP contribution >= 0.6 is 32.9 Å². The molecule has 38 valence electrons. The minimum absolute atomic E-state index is 0. The Balaban J connectivity index is 0. The van der Waals surface area contributed by atoms with E-state index in [-0.39, 0.29) is 17.0 Å². The molecule has 0 heterocycles. The number of hydrogen-bond acceptors (Lipinski definition) is 0. The Kier molecular flexibility index (Phi) is 9.36. The molecule has 0 aliphatic rings. The van der Waals surface area contributed by atoms with Gasteiger partial charge in [-0.15, -0.1) is 17.0 Å². The molecular weight excluding hydrogens is 208 g/mol. The van der Waals surface area contributed by atoms with Gasteiger partial charge in [-0.1, -0.05) is 22.0 Å². The summed E-state index contributed by atoms with van der Waals surface area (Å²) in [5, 5.41) is 0. The number of halogens is 2. The third-order valence-electron chi connectivity index (χ3n) is 0.398. The van der Waals surface area contributed by atoms with Crippen molar-refractivity contribution < 1.29 is 0 Å². The first-order valence-corrected chi connectivity index (χ1v) is 2.35. The summed E-state index contributed by atoms with van der Waals surface area (Å²) in [6.45, 7) is 3.99. The van der Waals surface area contributed by atoms with E-state index in [1.54, 1.807) is 0 Å². The van der Waals surface area contributed by atoms with Crippen LogP contribution in [-0.2, 0) is 0 Å². The topological polar surface area (TPSA) is 0 Å². The van der Waals surface area contributed by atoms with E-state index < -0.39 is 0 Å². The molecule has 0 spiro atoms. The molecule has 0 rings (SSSR count). The van der Waals surface area contributed by atoms with Gasteiger partial charge in [0.05, 0.1) is 0 Å². The molecule has 0 aromatic heterocycles. The Morgan fingerprint density at radius 3 is 1.83 bits per heavy atom. The SMILES string of the molecule is Br.C/C=C(\C)Br. The predicted octanol–water partition coefficient (Wildman–Crippen LogP) is 2.88. The Morgan fingerprint density at radius 2 is 1.83 bits per heavy atom. The second-order valence-corrected chi connectivity index (χ2v) is 2.13. The van der Waals surface area contributed by atoms with E-state index >= 15 is 0 Å². The smallest absolute Gasteiger partial charge is 0.0123 e. The summed E-state index contributed by atoms with van der Waals surface area (Å²) < 4.78 is 1.19. The van der Waals surface area contributed by atoms with Crippen molar-refractivity contribution in [2.75, 3.05) is 0 Å². The monoisotopic (exact) mass is 214 g/mol. The summed E-state index contributed by atoms with van der Waals surface area (Å²) >= 11 is 3.23. The van der Waals surface area contributed by atoms with Crippen LogP contribution in [0.2, 0.25) is 0 Å².